The van der Waals surface area contributed by atoms with Crippen LogP contribution in [-0.2, 0) is 0 Å². The molecule has 0 aromatic carbocycles. The molecule has 0 spiro atoms. The van der Waals surface area contributed by atoms with Crippen LogP contribution in [0.25, 0.3) is 0 Å². The van der Waals surface area contributed by atoms with Gasteiger partial charge in [0.1, 0.15) is 0 Å². The molecule has 2 amide bonds. The highest BCUT2D eigenvalue weighted by atomic mass is 16.2. The Labute approximate surface area is 94.6 Å². The number of urea groups is 1. The summed E-state index contributed by atoms with van der Waals surface area (Å²) in [6, 6.07) is -0.283. The lowest BCUT2D eigenvalue weighted by atomic mass is 9.96. The second-order valence-electron chi connectivity index (χ2n) is 4.06. The van der Waals surface area contributed by atoms with Crippen molar-refractivity contribution in [2.24, 2.45) is 10.7 Å². The van der Waals surface area contributed by atoms with Gasteiger partial charge in [-0.1, -0.05) is 24.3 Å². The van der Waals surface area contributed by atoms with Gasteiger partial charge in [0, 0.05) is 12.3 Å². The number of nitrogens with two attached hydrogens (primary N) is 1. The van der Waals surface area contributed by atoms with Crippen molar-refractivity contribution in [1.29, 1.82) is 0 Å². The van der Waals surface area contributed by atoms with Crippen LogP contribution in [0.4, 0.5) is 4.79 Å². The van der Waals surface area contributed by atoms with Gasteiger partial charge in [0.15, 0.2) is 0 Å². The Balaban J connectivity index is 2.05. The molecule has 2 atom stereocenters. The molecular formula is C12H15N3O. The normalized spacial score (nSPS) is 23.4. The Hall–Kier alpha value is -1.84. The summed E-state index contributed by atoms with van der Waals surface area (Å²) in [5.41, 5.74) is 7.47. The van der Waals surface area contributed by atoms with E-state index in [-0.39, 0.29) is 12.1 Å². The van der Waals surface area contributed by atoms with Crippen LogP contribution in [0.5, 0.6) is 0 Å². The van der Waals surface area contributed by atoms with E-state index < -0.39 is 6.03 Å². The Morgan fingerprint density at radius 1 is 1.62 bits per heavy atom. The Morgan fingerprint density at radius 3 is 3.19 bits per heavy atom. The molecule has 4 heteroatoms. The first-order valence-electron chi connectivity index (χ1n) is 5.34. The van der Waals surface area contributed by atoms with E-state index in [1.165, 1.54) is 11.1 Å². The summed E-state index contributed by atoms with van der Waals surface area (Å²) in [6.45, 7) is 1.93. The molecule has 3 N–H and O–H groups in total. The highest BCUT2D eigenvalue weighted by Gasteiger charge is 2.20. The van der Waals surface area contributed by atoms with E-state index >= 15 is 0 Å². The third-order valence-corrected chi connectivity index (χ3v) is 2.68. The third-order valence-electron chi connectivity index (χ3n) is 2.68. The van der Waals surface area contributed by atoms with Gasteiger partial charge in [0.05, 0.1) is 6.04 Å². The van der Waals surface area contributed by atoms with Crippen LogP contribution in [0.2, 0.25) is 0 Å². The first-order chi connectivity index (χ1) is 7.66. The van der Waals surface area contributed by atoms with Crippen molar-refractivity contribution in [3.63, 3.8) is 0 Å². The maximum Gasteiger partial charge on any atom is 0.312 e. The molecule has 2 rings (SSSR count). The number of nitrogens with zero attached hydrogens (tertiary/aromatic N) is 1. The summed E-state index contributed by atoms with van der Waals surface area (Å²) < 4.78 is 0. The van der Waals surface area contributed by atoms with Crippen molar-refractivity contribution in [3.05, 3.63) is 35.5 Å². The average molecular weight is 217 g/mol. The molecule has 1 aliphatic heterocycles. The van der Waals surface area contributed by atoms with E-state index in [0.29, 0.717) is 0 Å². The van der Waals surface area contributed by atoms with Gasteiger partial charge in [0.25, 0.3) is 0 Å². The number of nitrogens with one attached hydrogen (secondary N) is 1. The van der Waals surface area contributed by atoms with Crippen LogP contribution < -0.4 is 11.1 Å². The lowest BCUT2D eigenvalue weighted by molar-refractivity contribution is 0.246. The van der Waals surface area contributed by atoms with Gasteiger partial charge in [-0.05, 0) is 24.5 Å². The SMILES string of the molecule is CC(CC1=C2C=CC=CC2N=C1)NC(N)=O. The Bertz CT molecular complexity index is 418. The molecule has 2 aliphatic rings. The Kier molecular flexibility index (Phi) is 2.90. The predicted molar refractivity (Wildman–Crippen MR) is 64.4 cm³/mol. The first-order valence-corrected chi connectivity index (χ1v) is 5.34. The van der Waals surface area contributed by atoms with Crippen LogP contribution in [0.1, 0.15) is 13.3 Å². The second kappa shape index (κ2) is 4.35. The van der Waals surface area contributed by atoms with Gasteiger partial charge >= 0.3 is 6.03 Å². The molecule has 16 heavy (non-hydrogen) atoms. The van der Waals surface area contributed by atoms with Crippen molar-refractivity contribution >= 4 is 12.2 Å². The molecule has 1 heterocycles. The average Bonchev–Trinajstić information content (AvgIpc) is 2.61. The van der Waals surface area contributed by atoms with Gasteiger partial charge in [-0.2, -0.15) is 0 Å². The van der Waals surface area contributed by atoms with E-state index in [9.17, 15) is 4.79 Å². The van der Waals surface area contributed by atoms with Crippen LogP contribution >= 0.6 is 0 Å². The van der Waals surface area contributed by atoms with E-state index in [0.717, 1.165) is 6.42 Å². The summed E-state index contributed by atoms with van der Waals surface area (Å²) in [5, 5.41) is 2.67. The second-order valence-corrected chi connectivity index (χ2v) is 4.06. The van der Waals surface area contributed by atoms with E-state index in [1.807, 2.05) is 25.3 Å². The van der Waals surface area contributed by atoms with E-state index in [4.69, 9.17) is 5.73 Å². The zero-order valence-electron chi connectivity index (χ0n) is 9.18. The molecular weight excluding hydrogens is 202 g/mol. The van der Waals surface area contributed by atoms with Crippen LogP contribution in [-0.4, -0.2) is 24.3 Å². The highest BCUT2D eigenvalue weighted by molar-refractivity contribution is 5.85. The number of primary amides is 1. The van der Waals surface area contributed by atoms with Gasteiger partial charge in [0.2, 0.25) is 0 Å². The van der Waals surface area contributed by atoms with Crippen LogP contribution in [0, 0.1) is 0 Å². The Morgan fingerprint density at radius 2 is 2.44 bits per heavy atom. The summed E-state index contributed by atoms with van der Waals surface area (Å²) >= 11 is 0. The molecule has 0 saturated carbocycles. The highest BCUT2D eigenvalue weighted by Crippen LogP contribution is 2.25. The zero-order chi connectivity index (χ0) is 11.5. The van der Waals surface area contributed by atoms with Crippen molar-refractivity contribution in [2.75, 3.05) is 0 Å². The molecule has 0 fully saturated rings. The summed E-state index contributed by atoms with van der Waals surface area (Å²) in [7, 11) is 0. The number of rotatable bonds is 3. The molecule has 0 aromatic rings. The lowest BCUT2D eigenvalue weighted by Crippen LogP contribution is -2.37. The molecule has 2 unspecified atom stereocenters. The molecule has 0 radical (unpaired) electrons. The fourth-order valence-electron chi connectivity index (χ4n) is 2.00. The summed E-state index contributed by atoms with van der Waals surface area (Å²) in [5.74, 6) is 0. The maximum atomic E-state index is 10.7. The largest absolute Gasteiger partial charge is 0.352 e. The summed E-state index contributed by atoms with van der Waals surface area (Å²) in [6.07, 6.45) is 10.8. The number of carbonyl (C=O) groups is 1. The first kappa shape index (κ1) is 10.7. The third kappa shape index (κ3) is 2.21. The van der Waals surface area contributed by atoms with Gasteiger partial charge in [-0.3, -0.25) is 4.99 Å². The van der Waals surface area contributed by atoms with Crippen molar-refractivity contribution in [1.82, 2.24) is 5.32 Å². The number of amides is 2. The molecule has 4 nitrogen and oxygen atoms in total. The van der Waals surface area contributed by atoms with Gasteiger partial charge in [-0.25, -0.2) is 4.79 Å². The van der Waals surface area contributed by atoms with Gasteiger partial charge in [-0.15, -0.1) is 0 Å². The minimum absolute atomic E-state index is 0.0320. The minimum Gasteiger partial charge on any atom is -0.352 e. The standard InChI is InChI=1S/C12H15N3O/c1-8(15-12(13)16)6-9-7-14-11-5-3-2-4-10(9)11/h2-5,7-8,11H,6H2,1H3,(H3,13,15,16). The maximum absolute atomic E-state index is 10.7. The van der Waals surface area contributed by atoms with Crippen LogP contribution in [0.3, 0.4) is 0 Å². The molecule has 0 bridgehead atoms. The van der Waals surface area contributed by atoms with Crippen molar-refractivity contribution in [3.8, 4) is 0 Å². The van der Waals surface area contributed by atoms with Crippen LogP contribution in [0.15, 0.2) is 40.4 Å². The summed E-state index contributed by atoms with van der Waals surface area (Å²) in [4.78, 5) is 15.1. The minimum atomic E-state index is -0.483. The number of carbonyl (C=O) groups excluding carboxylic acids is 1. The molecule has 0 saturated heterocycles. The topological polar surface area (TPSA) is 67.5 Å². The lowest BCUT2D eigenvalue weighted by Gasteiger charge is -2.14. The van der Waals surface area contributed by atoms with Gasteiger partial charge < -0.3 is 11.1 Å². The fourth-order valence-corrected chi connectivity index (χ4v) is 2.00. The number of fused-ring (bicyclic) bond motifs is 1. The predicted octanol–water partition coefficient (Wildman–Crippen LogP) is 1.31. The number of allylic oxidation sites excluding steroid dienone is 2. The molecule has 84 valence electrons. The van der Waals surface area contributed by atoms with Crippen molar-refractivity contribution < 1.29 is 4.79 Å². The smallest absolute Gasteiger partial charge is 0.312 e. The number of hydrogen-bond donors (Lipinski definition) is 2. The van der Waals surface area contributed by atoms with E-state index in [2.05, 4.69) is 22.5 Å². The fraction of sp³-hybridized carbons (Fsp3) is 0.333. The quantitative estimate of drug-likeness (QED) is 0.735. The van der Waals surface area contributed by atoms with E-state index in [1.54, 1.807) is 0 Å². The molecule has 1 aliphatic carbocycles. The number of aliphatic imine (C=N–C) groups is 1. The van der Waals surface area contributed by atoms with Crippen molar-refractivity contribution in [2.45, 2.75) is 25.4 Å². The number of hydrogen-bond acceptors (Lipinski definition) is 2. The monoisotopic (exact) mass is 217 g/mol. The zero-order valence-corrected chi connectivity index (χ0v) is 9.18. The molecule has 0 aromatic heterocycles.